The molecular formula is C14H22N4O2. The summed E-state index contributed by atoms with van der Waals surface area (Å²) in [6, 6.07) is 1.99. The number of amides is 1. The smallest absolute Gasteiger partial charge is 0.245 e. The van der Waals surface area contributed by atoms with E-state index in [-0.39, 0.29) is 5.91 Å². The second-order valence-corrected chi connectivity index (χ2v) is 5.77. The fourth-order valence-corrected chi connectivity index (χ4v) is 2.66. The maximum absolute atomic E-state index is 12.3. The second kappa shape index (κ2) is 5.18. The molecule has 0 unspecified atom stereocenters. The van der Waals surface area contributed by atoms with Gasteiger partial charge in [0.1, 0.15) is 5.54 Å². The van der Waals surface area contributed by atoms with Crippen LogP contribution in [0, 0.1) is 0 Å². The van der Waals surface area contributed by atoms with E-state index in [2.05, 4.69) is 17.3 Å². The number of ether oxygens (including phenoxy) is 1. The fraction of sp³-hybridized carbons (Fsp3) is 0.714. The summed E-state index contributed by atoms with van der Waals surface area (Å²) in [4.78, 5) is 12.3. The molecule has 0 aromatic carbocycles. The Morgan fingerprint density at radius 3 is 2.85 bits per heavy atom. The zero-order valence-electron chi connectivity index (χ0n) is 11.9. The number of carbonyl (C=O) groups is 1. The van der Waals surface area contributed by atoms with E-state index in [0.29, 0.717) is 37.8 Å². The molecule has 1 saturated heterocycles. The summed E-state index contributed by atoms with van der Waals surface area (Å²) in [7, 11) is 0. The SMILES string of the molecule is CCn1nc(NC(=O)C2(N)CCOCC2)cc1C1CC1. The van der Waals surface area contributed by atoms with Crippen LogP contribution in [-0.4, -0.2) is 34.4 Å². The number of rotatable bonds is 4. The number of aromatic nitrogens is 2. The molecule has 1 amide bonds. The quantitative estimate of drug-likeness (QED) is 0.867. The second-order valence-electron chi connectivity index (χ2n) is 5.77. The lowest BCUT2D eigenvalue weighted by molar-refractivity contribution is -0.124. The van der Waals surface area contributed by atoms with Crippen LogP contribution in [0.2, 0.25) is 0 Å². The molecule has 0 spiro atoms. The topological polar surface area (TPSA) is 82.2 Å². The molecular weight excluding hydrogens is 256 g/mol. The number of nitrogens with zero attached hydrogens (tertiary/aromatic N) is 2. The van der Waals surface area contributed by atoms with Gasteiger partial charge in [0.25, 0.3) is 0 Å². The first-order valence-electron chi connectivity index (χ1n) is 7.38. The Kier molecular flexibility index (Phi) is 3.52. The standard InChI is InChI=1S/C14H22N4O2/c1-2-18-11(10-3-4-10)9-12(17-18)16-13(19)14(15)5-7-20-8-6-14/h9-10H,2-8,15H2,1H3,(H,16,17,19). The van der Waals surface area contributed by atoms with E-state index >= 15 is 0 Å². The van der Waals surface area contributed by atoms with Crippen LogP contribution >= 0.6 is 0 Å². The van der Waals surface area contributed by atoms with Crippen molar-refractivity contribution in [3.63, 3.8) is 0 Å². The van der Waals surface area contributed by atoms with Crippen molar-refractivity contribution in [2.45, 2.75) is 50.6 Å². The van der Waals surface area contributed by atoms with Crippen LogP contribution in [0.25, 0.3) is 0 Å². The molecule has 1 aromatic heterocycles. The van der Waals surface area contributed by atoms with E-state index in [1.54, 1.807) is 0 Å². The number of hydrogen-bond acceptors (Lipinski definition) is 4. The normalized spacial score (nSPS) is 21.7. The molecule has 2 fully saturated rings. The molecule has 3 rings (SSSR count). The molecule has 1 aliphatic carbocycles. The summed E-state index contributed by atoms with van der Waals surface area (Å²) in [5.41, 5.74) is 6.57. The molecule has 2 aliphatic rings. The molecule has 1 saturated carbocycles. The molecule has 0 atom stereocenters. The number of carbonyl (C=O) groups excluding carboxylic acids is 1. The van der Waals surface area contributed by atoms with Crippen molar-refractivity contribution in [1.29, 1.82) is 0 Å². The average Bonchev–Trinajstić information content (AvgIpc) is 3.21. The first-order chi connectivity index (χ1) is 9.62. The summed E-state index contributed by atoms with van der Waals surface area (Å²) in [6.45, 7) is 3.97. The largest absolute Gasteiger partial charge is 0.381 e. The summed E-state index contributed by atoms with van der Waals surface area (Å²) in [5.74, 6) is 1.09. The Balaban J connectivity index is 1.72. The highest BCUT2D eigenvalue weighted by Crippen LogP contribution is 2.40. The number of anilines is 1. The maximum atomic E-state index is 12.3. The van der Waals surface area contributed by atoms with Gasteiger partial charge in [-0.2, -0.15) is 5.10 Å². The van der Waals surface area contributed by atoms with Crippen molar-refractivity contribution in [3.8, 4) is 0 Å². The predicted molar refractivity (Wildman–Crippen MR) is 75.5 cm³/mol. The predicted octanol–water partition coefficient (Wildman–Crippen LogP) is 1.23. The third-order valence-electron chi connectivity index (χ3n) is 4.19. The van der Waals surface area contributed by atoms with Gasteiger partial charge in [0.05, 0.1) is 0 Å². The van der Waals surface area contributed by atoms with Crippen LogP contribution in [0.4, 0.5) is 5.82 Å². The average molecular weight is 278 g/mol. The van der Waals surface area contributed by atoms with Gasteiger partial charge in [-0.25, -0.2) is 0 Å². The highest BCUT2D eigenvalue weighted by molar-refractivity contribution is 5.97. The lowest BCUT2D eigenvalue weighted by Gasteiger charge is -2.31. The lowest BCUT2D eigenvalue weighted by Crippen LogP contribution is -2.54. The number of aryl methyl sites for hydroxylation is 1. The van der Waals surface area contributed by atoms with Crippen molar-refractivity contribution in [3.05, 3.63) is 11.8 Å². The fourth-order valence-electron chi connectivity index (χ4n) is 2.66. The van der Waals surface area contributed by atoms with E-state index < -0.39 is 5.54 Å². The molecule has 6 heteroatoms. The van der Waals surface area contributed by atoms with Gasteiger partial charge in [0.15, 0.2) is 5.82 Å². The van der Waals surface area contributed by atoms with E-state index in [4.69, 9.17) is 10.5 Å². The minimum atomic E-state index is -0.825. The van der Waals surface area contributed by atoms with Crippen LogP contribution in [0.1, 0.15) is 44.2 Å². The van der Waals surface area contributed by atoms with Crippen molar-refractivity contribution < 1.29 is 9.53 Å². The monoisotopic (exact) mass is 278 g/mol. The van der Waals surface area contributed by atoms with Gasteiger partial charge in [-0.3, -0.25) is 9.48 Å². The molecule has 110 valence electrons. The van der Waals surface area contributed by atoms with Crippen molar-refractivity contribution >= 4 is 11.7 Å². The van der Waals surface area contributed by atoms with Gasteiger partial charge < -0.3 is 15.8 Å². The van der Waals surface area contributed by atoms with Crippen molar-refractivity contribution in [2.24, 2.45) is 5.73 Å². The molecule has 2 heterocycles. The van der Waals surface area contributed by atoms with E-state index in [0.717, 1.165) is 6.54 Å². The third kappa shape index (κ3) is 2.58. The van der Waals surface area contributed by atoms with E-state index in [1.807, 2.05) is 10.7 Å². The zero-order chi connectivity index (χ0) is 14.2. The molecule has 1 aliphatic heterocycles. The van der Waals surface area contributed by atoms with Crippen LogP contribution in [-0.2, 0) is 16.1 Å². The molecule has 1 aromatic rings. The minimum Gasteiger partial charge on any atom is -0.381 e. The maximum Gasteiger partial charge on any atom is 0.245 e. The minimum absolute atomic E-state index is 0.149. The summed E-state index contributed by atoms with van der Waals surface area (Å²) in [5, 5.41) is 7.33. The Morgan fingerprint density at radius 2 is 2.25 bits per heavy atom. The molecule has 0 bridgehead atoms. The molecule has 6 nitrogen and oxygen atoms in total. The summed E-state index contributed by atoms with van der Waals surface area (Å²) >= 11 is 0. The van der Waals surface area contributed by atoms with Gasteiger partial charge in [-0.1, -0.05) is 0 Å². The Morgan fingerprint density at radius 1 is 1.55 bits per heavy atom. The summed E-state index contributed by atoms with van der Waals surface area (Å²) in [6.07, 6.45) is 3.56. The van der Waals surface area contributed by atoms with Crippen LogP contribution in [0.3, 0.4) is 0 Å². The van der Waals surface area contributed by atoms with Gasteiger partial charge in [0.2, 0.25) is 5.91 Å². The first-order valence-corrected chi connectivity index (χ1v) is 7.38. The molecule has 20 heavy (non-hydrogen) atoms. The number of hydrogen-bond donors (Lipinski definition) is 2. The highest BCUT2D eigenvalue weighted by atomic mass is 16.5. The first kappa shape index (κ1) is 13.6. The highest BCUT2D eigenvalue weighted by Gasteiger charge is 2.36. The number of nitrogens with one attached hydrogen (secondary N) is 1. The lowest BCUT2D eigenvalue weighted by atomic mass is 9.90. The Labute approximate surface area is 118 Å². The van der Waals surface area contributed by atoms with Crippen molar-refractivity contribution in [1.82, 2.24) is 9.78 Å². The molecule has 0 radical (unpaired) electrons. The Hall–Kier alpha value is -1.40. The van der Waals surface area contributed by atoms with E-state index in [1.165, 1.54) is 18.5 Å². The van der Waals surface area contributed by atoms with Crippen LogP contribution in [0.15, 0.2) is 6.07 Å². The van der Waals surface area contributed by atoms with Crippen molar-refractivity contribution in [2.75, 3.05) is 18.5 Å². The van der Waals surface area contributed by atoms with Crippen LogP contribution in [0.5, 0.6) is 0 Å². The molecule has 3 N–H and O–H groups in total. The van der Waals surface area contributed by atoms with E-state index in [9.17, 15) is 4.79 Å². The summed E-state index contributed by atoms with van der Waals surface area (Å²) < 4.78 is 7.24. The zero-order valence-corrected chi connectivity index (χ0v) is 11.9. The van der Waals surface area contributed by atoms with Gasteiger partial charge >= 0.3 is 0 Å². The Bertz CT molecular complexity index is 501. The third-order valence-corrected chi connectivity index (χ3v) is 4.19. The van der Waals surface area contributed by atoms with Gasteiger partial charge in [-0.15, -0.1) is 0 Å². The number of nitrogens with two attached hydrogens (primary N) is 1. The van der Waals surface area contributed by atoms with Crippen LogP contribution < -0.4 is 11.1 Å². The van der Waals surface area contributed by atoms with Gasteiger partial charge in [-0.05, 0) is 32.6 Å². The van der Waals surface area contributed by atoms with Gasteiger partial charge in [0, 0.05) is 37.4 Å².